The molecule has 0 radical (unpaired) electrons. The van der Waals surface area contributed by atoms with Crippen LogP contribution in [-0.4, -0.2) is 19.5 Å². The van der Waals surface area contributed by atoms with Gasteiger partial charge < -0.3 is 8.98 Å². The molecule has 11 aromatic rings. The molecule has 0 aliphatic carbocycles. The summed E-state index contributed by atoms with van der Waals surface area (Å²) in [6.07, 6.45) is 0. The van der Waals surface area contributed by atoms with E-state index >= 15 is 0 Å². The molecule has 0 saturated heterocycles. The lowest BCUT2D eigenvalue weighted by Crippen LogP contribution is -2.00. The first kappa shape index (κ1) is 18.1. The second-order valence-electron chi connectivity index (χ2n) is 12.6. The fourth-order valence-electron chi connectivity index (χ4n) is 6.66. The fourth-order valence-corrected chi connectivity index (χ4v) is 6.66. The van der Waals surface area contributed by atoms with Gasteiger partial charge in [0, 0.05) is 43.9 Å². The van der Waals surface area contributed by atoms with Crippen LogP contribution in [-0.2, 0) is 0 Å². The Morgan fingerprint density at radius 2 is 1.05 bits per heavy atom. The predicted molar refractivity (Wildman–Crippen MR) is 229 cm³/mol. The van der Waals surface area contributed by atoms with Crippen LogP contribution >= 0.6 is 0 Å². The number of fused-ring (bicyclic) bond motifs is 6. The quantitative estimate of drug-likeness (QED) is 0.171. The minimum Gasteiger partial charge on any atom is -0.456 e. The van der Waals surface area contributed by atoms with Crippen LogP contribution in [0.3, 0.4) is 0 Å². The van der Waals surface area contributed by atoms with Crippen LogP contribution in [0.1, 0.15) is 26.0 Å². The molecule has 0 N–H and O–H groups in total. The smallest absolute Gasteiger partial charge is 0.164 e. The highest BCUT2D eigenvalue weighted by atomic mass is 16.3. The van der Waals surface area contributed by atoms with Crippen molar-refractivity contribution in [1.82, 2.24) is 19.5 Å². The number of hydrogen-bond acceptors (Lipinski definition) is 4. The lowest BCUT2D eigenvalue weighted by molar-refractivity contribution is 0.669. The summed E-state index contributed by atoms with van der Waals surface area (Å²) < 4.78 is 179. The van der Waals surface area contributed by atoms with E-state index in [1.165, 1.54) is 0 Å². The van der Waals surface area contributed by atoms with Crippen molar-refractivity contribution in [3.8, 4) is 62.1 Å². The summed E-state index contributed by atoms with van der Waals surface area (Å²) in [5, 5.41) is 0.849. The number of benzene rings is 8. The van der Waals surface area contributed by atoms with Gasteiger partial charge in [0.25, 0.3) is 0 Å². The van der Waals surface area contributed by atoms with Gasteiger partial charge in [-0.15, -0.1) is 0 Å². The van der Waals surface area contributed by atoms with Crippen molar-refractivity contribution in [2.24, 2.45) is 0 Å². The van der Waals surface area contributed by atoms with Crippen molar-refractivity contribution in [2.75, 3.05) is 0 Å². The van der Waals surface area contributed by atoms with E-state index in [1.54, 1.807) is 42.5 Å². The van der Waals surface area contributed by atoms with Gasteiger partial charge in [-0.3, -0.25) is 0 Å². The minimum atomic E-state index is -0.947. The van der Waals surface area contributed by atoms with Gasteiger partial charge in [-0.1, -0.05) is 133 Å². The molecule has 11 rings (SSSR count). The Bertz CT molecular complexity index is 4340. The average Bonchev–Trinajstić information content (AvgIpc) is 4.01. The Kier molecular flexibility index (Phi) is 4.22. The zero-order valence-corrected chi connectivity index (χ0v) is 28.7. The third-order valence-corrected chi connectivity index (χ3v) is 9.21. The van der Waals surface area contributed by atoms with Crippen LogP contribution in [0.25, 0.3) is 106 Å². The van der Waals surface area contributed by atoms with Gasteiger partial charge in [0.2, 0.25) is 0 Å². The number of aromatic nitrogens is 4. The Morgan fingerprint density at radius 3 is 1.91 bits per heavy atom. The SMILES string of the molecule is [2H]c1cc(-c2c([2H])c(-c3c([2H])c([2H])c([2H])c([2H])c3[2H])c([2H])c(-n3c4c([2H])c([2H])c([2H])c([2H])c4c4c([2H])c(-c5nc(-c6ccccc6)nc(-c6ccc7c(c6)oc6ccccc67)n5)c([2H])c([2H])c43)c2[2H])c([2H])c([2H])c1[2H]. The maximum absolute atomic E-state index is 10.00. The molecule has 56 heavy (non-hydrogen) atoms. The topological polar surface area (TPSA) is 56.7 Å². The van der Waals surface area contributed by atoms with Crippen LogP contribution < -0.4 is 0 Å². The van der Waals surface area contributed by atoms with E-state index in [2.05, 4.69) is 0 Å². The highest BCUT2D eigenvalue weighted by Gasteiger charge is 2.18. The van der Waals surface area contributed by atoms with Crippen LogP contribution in [0.2, 0.25) is 0 Å². The average molecular weight is 736 g/mol. The van der Waals surface area contributed by atoms with E-state index in [0.717, 1.165) is 21.4 Å². The van der Waals surface area contributed by atoms with Crippen molar-refractivity contribution in [1.29, 1.82) is 0 Å². The van der Waals surface area contributed by atoms with Crippen molar-refractivity contribution in [2.45, 2.75) is 0 Å². The van der Waals surface area contributed by atoms with Gasteiger partial charge in [-0.25, -0.2) is 15.0 Å². The molecule has 0 aliphatic heterocycles. The molecule has 5 heteroatoms. The zero-order valence-electron chi connectivity index (χ0n) is 47.7. The largest absolute Gasteiger partial charge is 0.456 e. The Balaban J connectivity index is 1.29. The molecule has 3 aromatic heterocycles. The number of hydrogen-bond donors (Lipinski definition) is 0. The summed E-state index contributed by atoms with van der Waals surface area (Å²) in [7, 11) is 0. The minimum absolute atomic E-state index is 0.0655. The first-order valence-electron chi connectivity index (χ1n) is 26.7. The van der Waals surface area contributed by atoms with E-state index in [0.29, 0.717) is 22.3 Å². The molecule has 3 heterocycles. The predicted octanol–water partition coefficient (Wildman–Crippen LogP) is 13.2. The Morgan fingerprint density at radius 1 is 0.393 bits per heavy atom. The number of nitrogens with zero attached hydrogens (tertiary/aromatic N) is 4. The van der Waals surface area contributed by atoms with E-state index in [1.807, 2.05) is 30.3 Å². The first-order chi connectivity index (χ1) is 35.7. The fraction of sp³-hybridized carbons (Fsp3) is 0. The number of furan rings is 1. The molecule has 0 fully saturated rings. The van der Waals surface area contributed by atoms with Crippen molar-refractivity contribution in [3.05, 3.63) is 194 Å². The van der Waals surface area contributed by atoms with Gasteiger partial charge in [0.15, 0.2) is 17.5 Å². The molecule has 0 aliphatic rings. The first-order valence-corrected chi connectivity index (χ1v) is 17.2. The molecule has 0 saturated carbocycles. The second kappa shape index (κ2) is 13.0. The monoisotopic (exact) mass is 735 g/mol. The van der Waals surface area contributed by atoms with Crippen molar-refractivity contribution >= 4 is 43.7 Å². The van der Waals surface area contributed by atoms with E-state index in [4.69, 9.17) is 34.4 Å². The van der Waals surface area contributed by atoms with Gasteiger partial charge in [-0.05, 0) is 82.7 Å². The molecule has 5 nitrogen and oxygen atoms in total. The summed E-state index contributed by atoms with van der Waals surface area (Å²) in [6, 6.07) is 7.14. The molecular formula is C51H32N4O. The zero-order chi connectivity index (χ0) is 53.5. The Labute approximate surface area is 349 Å². The molecule has 0 amide bonds. The van der Waals surface area contributed by atoms with Gasteiger partial charge in [0.1, 0.15) is 11.2 Å². The van der Waals surface area contributed by atoms with Crippen LogP contribution in [0.4, 0.5) is 0 Å². The summed E-state index contributed by atoms with van der Waals surface area (Å²) >= 11 is 0. The molecular weight excluding hydrogens is 685 g/mol. The standard InChI is InChI=1S/C51H32N4O/c1-4-14-33(15-5-1)38-28-39(34-16-6-2-7-17-34)30-40(29-38)55-45-22-12-10-20-41(45)44-31-36(25-27-46(44)55)50-52-49(35-18-8-3-9-19-35)53-51(54-50)37-24-26-43-42-21-11-13-23-47(42)56-48(43)32-37/h1-32H/i1D,2D,4D,5D,6D,7D,10D,12D,14D,15D,16D,20D,22D,25D,27D,28D,29D,30D,31D. The van der Waals surface area contributed by atoms with E-state index in [9.17, 15) is 11.0 Å². The molecule has 262 valence electrons. The highest BCUT2D eigenvalue weighted by Crippen LogP contribution is 2.38. The maximum atomic E-state index is 10.00. The number of para-hydroxylation sites is 2. The van der Waals surface area contributed by atoms with E-state index < -0.39 is 165 Å². The van der Waals surface area contributed by atoms with Crippen LogP contribution in [0.15, 0.2) is 198 Å². The van der Waals surface area contributed by atoms with Crippen molar-refractivity contribution in [3.63, 3.8) is 0 Å². The van der Waals surface area contributed by atoms with Crippen molar-refractivity contribution < 1.29 is 30.5 Å². The third-order valence-electron chi connectivity index (χ3n) is 9.21. The number of rotatable bonds is 6. The molecule has 0 atom stereocenters. The maximum Gasteiger partial charge on any atom is 0.164 e. The van der Waals surface area contributed by atoms with Gasteiger partial charge in [0.05, 0.1) is 37.1 Å². The van der Waals surface area contributed by atoms with Crippen LogP contribution in [0.5, 0.6) is 0 Å². The summed E-state index contributed by atoms with van der Waals surface area (Å²) in [4.78, 5) is 14.3. The second-order valence-corrected chi connectivity index (χ2v) is 12.6. The van der Waals surface area contributed by atoms with E-state index in [-0.39, 0.29) is 23.0 Å². The normalized spacial score (nSPS) is 16.3. The van der Waals surface area contributed by atoms with Gasteiger partial charge in [-0.2, -0.15) is 0 Å². The summed E-state index contributed by atoms with van der Waals surface area (Å²) in [6.45, 7) is 0. The molecule has 0 spiro atoms. The lowest BCUT2D eigenvalue weighted by atomic mass is 9.98. The van der Waals surface area contributed by atoms with Gasteiger partial charge >= 0.3 is 0 Å². The summed E-state index contributed by atoms with van der Waals surface area (Å²) in [5.74, 6) is -0.133. The molecule has 8 aromatic carbocycles. The highest BCUT2D eigenvalue weighted by molar-refractivity contribution is 6.10. The molecule has 0 unspecified atom stereocenters. The Hall–Kier alpha value is -7.63. The summed E-state index contributed by atoms with van der Waals surface area (Å²) in [5.41, 5.74) is -2.75. The lowest BCUT2D eigenvalue weighted by Gasteiger charge is -2.14. The molecule has 0 bridgehead atoms. The third kappa shape index (κ3) is 5.45. The van der Waals surface area contributed by atoms with Crippen LogP contribution in [0, 0.1) is 0 Å².